The molecular formula is C7H12N2O3. The van der Waals surface area contributed by atoms with Crippen LogP contribution in [0.4, 0.5) is 4.79 Å². The number of hydrogen-bond acceptors (Lipinski definition) is 3. The van der Waals surface area contributed by atoms with Crippen molar-refractivity contribution >= 4 is 11.9 Å². The molecule has 1 aliphatic rings. The molecule has 1 atom stereocenters. The maximum Gasteiger partial charge on any atom is 0.326 e. The molecule has 68 valence electrons. The lowest BCUT2D eigenvalue weighted by atomic mass is 10.1. The van der Waals surface area contributed by atoms with Crippen molar-refractivity contribution < 1.29 is 14.7 Å². The highest BCUT2D eigenvalue weighted by Gasteiger charge is 2.36. The molecule has 12 heavy (non-hydrogen) atoms. The van der Waals surface area contributed by atoms with Gasteiger partial charge in [-0.2, -0.15) is 0 Å². The van der Waals surface area contributed by atoms with Crippen molar-refractivity contribution in [3.63, 3.8) is 0 Å². The maximum atomic E-state index is 11.1. The van der Waals surface area contributed by atoms with Crippen molar-refractivity contribution in [1.82, 2.24) is 10.2 Å². The summed E-state index contributed by atoms with van der Waals surface area (Å²) < 4.78 is 0. The molecule has 1 unspecified atom stereocenters. The van der Waals surface area contributed by atoms with Gasteiger partial charge in [0.2, 0.25) is 0 Å². The maximum absolute atomic E-state index is 11.1. The summed E-state index contributed by atoms with van der Waals surface area (Å²) in [4.78, 5) is 23.1. The number of aliphatic hydroxyl groups is 1. The Morgan fingerprint density at radius 2 is 2.25 bits per heavy atom. The summed E-state index contributed by atoms with van der Waals surface area (Å²) >= 11 is 0. The SMILES string of the molecule is CCCC1C(=O)NC(=O)N1CO. The Labute approximate surface area is 70.4 Å². The van der Waals surface area contributed by atoms with Gasteiger partial charge in [-0.25, -0.2) is 4.79 Å². The first-order valence-electron chi connectivity index (χ1n) is 3.93. The smallest absolute Gasteiger partial charge is 0.326 e. The summed E-state index contributed by atoms with van der Waals surface area (Å²) in [7, 11) is 0. The summed E-state index contributed by atoms with van der Waals surface area (Å²) in [6, 6.07) is -0.978. The van der Waals surface area contributed by atoms with Crippen molar-refractivity contribution in [3.8, 4) is 0 Å². The molecule has 0 aliphatic carbocycles. The van der Waals surface area contributed by atoms with Crippen molar-refractivity contribution in [2.45, 2.75) is 25.8 Å². The number of carbonyl (C=O) groups excluding carboxylic acids is 2. The molecule has 5 heteroatoms. The van der Waals surface area contributed by atoms with Crippen LogP contribution in [0.1, 0.15) is 19.8 Å². The van der Waals surface area contributed by atoms with Crippen molar-refractivity contribution in [3.05, 3.63) is 0 Å². The Morgan fingerprint density at radius 1 is 1.58 bits per heavy atom. The van der Waals surface area contributed by atoms with E-state index in [1.165, 1.54) is 0 Å². The van der Waals surface area contributed by atoms with Crippen LogP contribution in [-0.4, -0.2) is 34.7 Å². The number of urea groups is 1. The second-order valence-electron chi connectivity index (χ2n) is 2.71. The summed E-state index contributed by atoms with van der Waals surface area (Å²) in [6.45, 7) is 1.52. The molecule has 0 aromatic heterocycles. The molecule has 5 nitrogen and oxygen atoms in total. The molecule has 0 radical (unpaired) electrons. The fourth-order valence-corrected chi connectivity index (χ4v) is 1.27. The quantitative estimate of drug-likeness (QED) is 0.572. The van der Waals surface area contributed by atoms with Crippen molar-refractivity contribution in [2.75, 3.05) is 6.73 Å². The number of imide groups is 1. The average molecular weight is 172 g/mol. The first-order chi connectivity index (χ1) is 5.70. The Bertz CT molecular complexity index is 205. The summed E-state index contributed by atoms with van der Waals surface area (Å²) in [5.74, 6) is -0.309. The van der Waals surface area contributed by atoms with Crippen LogP contribution in [0.25, 0.3) is 0 Å². The van der Waals surface area contributed by atoms with Crippen LogP contribution in [0.3, 0.4) is 0 Å². The number of carbonyl (C=O) groups is 2. The Morgan fingerprint density at radius 3 is 2.75 bits per heavy atom. The third-order valence-corrected chi connectivity index (χ3v) is 1.88. The van der Waals surface area contributed by atoms with E-state index in [1.807, 2.05) is 6.92 Å². The average Bonchev–Trinajstić information content (AvgIpc) is 2.28. The molecule has 0 aromatic carbocycles. The van der Waals surface area contributed by atoms with Gasteiger partial charge in [-0.1, -0.05) is 13.3 Å². The number of nitrogens with zero attached hydrogens (tertiary/aromatic N) is 1. The molecule has 1 heterocycles. The predicted molar refractivity (Wildman–Crippen MR) is 41.2 cm³/mol. The van der Waals surface area contributed by atoms with E-state index >= 15 is 0 Å². The molecule has 0 spiro atoms. The molecule has 0 bridgehead atoms. The highest BCUT2D eigenvalue weighted by Crippen LogP contribution is 2.12. The lowest BCUT2D eigenvalue weighted by Crippen LogP contribution is -2.35. The van der Waals surface area contributed by atoms with Gasteiger partial charge >= 0.3 is 6.03 Å². The first-order valence-corrected chi connectivity index (χ1v) is 3.93. The van der Waals surface area contributed by atoms with Gasteiger partial charge in [0.15, 0.2) is 0 Å². The minimum Gasteiger partial charge on any atom is -0.376 e. The van der Waals surface area contributed by atoms with Crippen molar-refractivity contribution in [1.29, 1.82) is 0 Å². The molecule has 3 amide bonds. The highest BCUT2D eigenvalue weighted by molar-refractivity contribution is 6.04. The lowest BCUT2D eigenvalue weighted by molar-refractivity contribution is -0.122. The van der Waals surface area contributed by atoms with Crippen LogP contribution < -0.4 is 5.32 Å². The Hall–Kier alpha value is -1.10. The molecule has 1 rings (SSSR count). The van der Waals surface area contributed by atoms with Crippen LogP contribution >= 0.6 is 0 Å². The van der Waals surface area contributed by atoms with E-state index < -0.39 is 18.8 Å². The number of nitrogens with one attached hydrogen (secondary N) is 1. The zero-order valence-electron chi connectivity index (χ0n) is 6.91. The molecule has 0 saturated carbocycles. The number of aliphatic hydroxyl groups excluding tert-OH is 1. The fraction of sp³-hybridized carbons (Fsp3) is 0.714. The van der Waals surface area contributed by atoms with E-state index in [1.54, 1.807) is 0 Å². The van der Waals surface area contributed by atoms with Gasteiger partial charge in [-0.15, -0.1) is 0 Å². The molecule has 2 N–H and O–H groups in total. The van der Waals surface area contributed by atoms with Gasteiger partial charge in [0.05, 0.1) is 0 Å². The van der Waals surface area contributed by atoms with Gasteiger partial charge in [0.1, 0.15) is 12.8 Å². The third-order valence-electron chi connectivity index (χ3n) is 1.88. The minimum atomic E-state index is -0.499. The first kappa shape index (κ1) is 8.99. The van der Waals surface area contributed by atoms with Crippen LogP contribution in [0.15, 0.2) is 0 Å². The van der Waals surface area contributed by atoms with Crippen LogP contribution in [0.5, 0.6) is 0 Å². The predicted octanol–water partition coefficient (Wildman–Crippen LogP) is -0.343. The van der Waals surface area contributed by atoms with E-state index in [0.29, 0.717) is 6.42 Å². The number of amides is 3. The van der Waals surface area contributed by atoms with Gasteiger partial charge < -0.3 is 5.11 Å². The van der Waals surface area contributed by atoms with E-state index in [9.17, 15) is 9.59 Å². The fourth-order valence-electron chi connectivity index (χ4n) is 1.27. The van der Waals surface area contributed by atoms with E-state index in [0.717, 1.165) is 11.3 Å². The summed E-state index contributed by atoms with van der Waals surface area (Å²) in [5, 5.41) is 10.9. The second kappa shape index (κ2) is 3.53. The molecule has 1 fully saturated rings. The van der Waals surface area contributed by atoms with Crippen LogP contribution in [-0.2, 0) is 4.79 Å². The molecule has 1 aliphatic heterocycles. The molecule has 0 aromatic rings. The van der Waals surface area contributed by atoms with E-state index in [-0.39, 0.29) is 5.91 Å². The van der Waals surface area contributed by atoms with Crippen molar-refractivity contribution in [2.24, 2.45) is 0 Å². The largest absolute Gasteiger partial charge is 0.376 e. The monoisotopic (exact) mass is 172 g/mol. The molecule has 1 saturated heterocycles. The minimum absolute atomic E-state index is 0.309. The number of rotatable bonds is 3. The third kappa shape index (κ3) is 1.40. The number of hydrogen-bond donors (Lipinski definition) is 2. The van der Waals surface area contributed by atoms with Gasteiger partial charge in [0, 0.05) is 0 Å². The zero-order chi connectivity index (χ0) is 9.14. The summed E-state index contributed by atoms with van der Waals surface area (Å²) in [6.07, 6.45) is 1.40. The van der Waals surface area contributed by atoms with Gasteiger partial charge in [0.25, 0.3) is 5.91 Å². The Balaban J connectivity index is 2.68. The van der Waals surface area contributed by atoms with Gasteiger partial charge in [-0.3, -0.25) is 15.0 Å². The lowest BCUT2D eigenvalue weighted by Gasteiger charge is -2.17. The zero-order valence-corrected chi connectivity index (χ0v) is 6.91. The molecular weight excluding hydrogens is 160 g/mol. The van der Waals surface area contributed by atoms with Crippen LogP contribution in [0, 0.1) is 0 Å². The normalized spacial score (nSPS) is 23.2. The van der Waals surface area contributed by atoms with E-state index in [4.69, 9.17) is 5.11 Å². The highest BCUT2D eigenvalue weighted by atomic mass is 16.3. The summed E-state index contributed by atoms with van der Waals surface area (Å²) in [5.41, 5.74) is 0. The second-order valence-corrected chi connectivity index (χ2v) is 2.71. The standard InChI is InChI=1S/C7H12N2O3/c1-2-3-5-6(11)8-7(12)9(5)4-10/h5,10H,2-4H2,1H3,(H,8,11,12). The Kier molecular flexibility index (Phi) is 2.65. The van der Waals surface area contributed by atoms with Crippen LogP contribution in [0.2, 0.25) is 0 Å². The topological polar surface area (TPSA) is 69.6 Å². The van der Waals surface area contributed by atoms with Gasteiger partial charge in [-0.05, 0) is 6.42 Å². The van der Waals surface area contributed by atoms with E-state index in [2.05, 4.69) is 5.32 Å².